The van der Waals surface area contributed by atoms with Gasteiger partial charge in [-0.2, -0.15) is 4.57 Å². The van der Waals surface area contributed by atoms with Crippen LogP contribution in [0.4, 0.5) is 0 Å². The molecule has 1 atom stereocenters. The molecule has 3 aromatic heterocycles. The van der Waals surface area contributed by atoms with Crippen molar-refractivity contribution in [3.63, 3.8) is 0 Å². The summed E-state index contributed by atoms with van der Waals surface area (Å²) >= 11 is 0. The van der Waals surface area contributed by atoms with Crippen molar-refractivity contribution >= 4 is 65.0 Å². The van der Waals surface area contributed by atoms with Gasteiger partial charge in [-0.3, -0.25) is 4.57 Å². The van der Waals surface area contributed by atoms with Gasteiger partial charge in [0.05, 0.1) is 27.1 Å². The lowest BCUT2D eigenvalue weighted by Crippen LogP contribution is -2.59. The van der Waals surface area contributed by atoms with E-state index >= 15 is 0 Å². The number of pyridine rings is 2. The molecule has 0 saturated heterocycles. The second-order valence-electron chi connectivity index (χ2n) is 11.0. The van der Waals surface area contributed by atoms with Crippen LogP contribution in [-0.2, 0) is 12.7 Å². The van der Waals surface area contributed by atoms with Gasteiger partial charge in [-0.05, 0) is 64.0 Å². The second-order valence-corrected chi connectivity index (χ2v) is 11.0. The van der Waals surface area contributed by atoms with E-state index in [9.17, 15) is 0 Å². The predicted octanol–water partition coefficient (Wildman–Crippen LogP) is 6.55. The van der Waals surface area contributed by atoms with Crippen molar-refractivity contribution < 1.29 is 13.9 Å². The molecule has 0 aliphatic carbocycles. The van der Waals surface area contributed by atoms with Crippen LogP contribution in [0.3, 0.4) is 0 Å². The standard InChI is InChI=1S/C34H19N3O/c1-35-17-14-23-21-11-13-26-30-28(21)33-24(31(23)35)9-5-16-37(33)34(30)29-25(38-26)12-10-20-18-6-2-3-7-19(18)22-8-4-15-36(34)32(22)27(20)29/h2-17H,1H3/q+2. The highest BCUT2D eigenvalue weighted by Crippen LogP contribution is 2.61. The number of hydrogen-bond donors (Lipinski definition) is 0. The molecule has 6 heterocycles. The van der Waals surface area contributed by atoms with Gasteiger partial charge in [0.25, 0.3) is 0 Å². The second kappa shape index (κ2) is 5.48. The summed E-state index contributed by atoms with van der Waals surface area (Å²) < 4.78 is 14.2. The van der Waals surface area contributed by atoms with Gasteiger partial charge in [-0.25, -0.2) is 4.57 Å². The predicted molar refractivity (Wildman–Crippen MR) is 149 cm³/mol. The maximum atomic E-state index is 6.80. The van der Waals surface area contributed by atoms with Crippen LogP contribution in [0.5, 0.6) is 11.5 Å². The van der Waals surface area contributed by atoms with Crippen molar-refractivity contribution in [2.75, 3.05) is 0 Å². The molecule has 1 unspecified atom stereocenters. The first-order valence-electron chi connectivity index (χ1n) is 13.2. The van der Waals surface area contributed by atoms with E-state index in [1.165, 1.54) is 76.2 Å². The van der Waals surface area contributed by atoms with Gasteiger partial charge in [0.15, 0.2) is 12.4 Å². The molecule has 174 valence electrons. The van der Waals surface area contributed by atoms with Crippen LogP contribution in [-0.4, -0.2) is 4.57 Å². The number of fused-ring (bicyclic) bond motifs is 6. The van der Waals surface area contributed by atoms with Gasteiger partial charge >= 0.3 is 5.66 Å². The average Bonchev–Trinajstić information content (AvgIpc) is 3.61. The van der Waals surface area contributed by atoms with E-state index in [2.05, 4.69) is 118 Å². The molecular weight excluding hydrogens is 466 g/mol. The molecule has 38 heavy (non-hydrogen) atoms. The van der Waals surface area contributed by atoms with Crippen molar-refractivity contribution in [3.8, 4) is 11.5 Å². The quantitative estimate of drug-likeness (QED) is 0.176. The molecule has 0 fully saturated rings. The fourth-order valence-electron chi connectivity index (χ4n) is 8.32. The van der Waals surface area contributed by atoms with Crippen LogP contribution in [0.1, 0.15) is 11.1 Å². The maximum Gasteiger partial charge on any atom is 0.309 e. The Labute approximate surface area is 216 Å². The summed E-state index contributed by atoms with van der Waals surface area (Å²) in [5.74, 6) is 1.90. The first kappa shape index (κ1) is 18.3. The highest BCUT2D eigenvalue weighted by atomic mass is 16.5. The zero-order chi connectivity index (χ0) is 24.5. The number of aromatic nitrogens is 3. The van der Waals surface area contributed by atoms with Crippen LogP contribution >= 0.6 is 0 Å². The largest absolute Gasteiger partial charge is 0.456 e. The number of rotatable bonds is 0. The zero-order valence-corrected chi connectivity index (χ0v) is 20.5. The molecule has 3 aliphatic rings. The van der Waals surface area contributed by atoms with Crippen LogP contribution in [0.2, 0.25) is 0 Å². The summed E-state index contributed by atoms with van der Waals surface area (Å²) in [5.41, 5.74) is 5.82. The summed E-state index contributed by atoms with van der Waals surface area (Å²) in [6.45, 7) is 0. The molecule has 4 heteroatoms. The van der Waals surface area contributed by atoms with E-state index in [1.54, 1.807) is 0 Å². The normalized spacial score (nSPS) is 17.9. The molecule has 0 radical (unpaired) electrons. The van der Waals surface area contributed by atoms with Crippen molar-refractivity contribution in [1.82, 2.24) is 4.57 Å². The number of nitrogens with zero attached hydrogens (tertiary/aromatic N) is 3. The van der Waals surface area contributed by atoms with Crippen molar-refractivity contribution in [3.05, 3.63) is 109 Å². The van der Waals surface area contributed by atoms with Crippen molar-refractivity contribution in [1.29, 1.82) is 0 Å². The Morgan fingerprint density at radius 1 is 0.605 bits per heavy atom. The molecule has 0 bridgehead atoms. The Morgan fingerprint density at radius 3 is 2.13 bits per heavy atom. The average molecular weight is 486 g/mol. The fraction of sp³-hybridized carbons (Fsp3) is 0.0588. The third-order valence-electron chi connectivity index (χ3n) is 9.54. The van der Waals surface area contributed by atoms with E-state index in [0.717, 1.165) is 11.5 Å². The summed E-state index contributed by atoms with van der Waals surface area (Å²) in [4.78, 5) is 0. The number of ether oxygens (including phenoxy) is 1. The lowest BCUT2D eigenvalue weighted by atomic mass is 9.85. The third kappa shape index (κ3) is 1.58. The Balaban J connectivity index is 1.51. The minimum absolute atomic E-state index is 0.541. The lowest BCUT2D eigenvalue weighted by Gasteiger charge is -2.32. The van der Waals surface area contributed by atoms with E-state index < -0.39 is 5.66 Å². The smallest absolute Gasteiger partial charge is 0.309 e. The Bertz CT molecular complexity index is 2500. The minimum Gasteiger partial charge on any atom is -0.456 e. The maximum absolute atomic E-state index is 6.80. The van der Waals surface area contributed by atoms with Gasteiger partial charge in [0.1, 0.15) is 29.7 Å². The van der Waals surface area contributed by atoms with E-state index in [1.807, 2.05) is 0 Å². The summed E-state index contributed by atoms with van der Waals surface area (Å²) in [6, 6.07) is 29.0. The van der Waals surface area contributed by atoms with Crippen molar-refractivity contribution in [2.24, 2.45) is 7.05 Å². The first-order chi connectivity index (χ1) is 18.8. The van der Waals surface area contributed by atoms with Crippen LogP contribution < -0.4 is 13.9 Å². The molecule has 11 rings (SSSR count). The van der Waals surface area contributed by atoms with Gasteiger partial charge in [-0.15, -0.1) is 0 Å². The monoisotopic (exact) mass is 485 g/mol. The molecule has 0 saturated carbocycles. The minimum atomic E-state index is -0.541. The molecular formula is C34H19N3O+2. The van der Waals surface area contributed by atoms with Gasteiger partial charge in [0.2, 0.25) is 11.0 Å². The van der Waals surface area contributed by atoms with Gasteiger partial charge in [0, 0.05) is 23.7 Å². The summed E-state index contributed by atoms with van der Waals surface area (Å²) in [7, 11) is 2.15. The Morgan fingerprint density at radius 2 is 1.29 bits per heavy atom. The Kier molecular flexibility index (Phi) is 2.64. The number of aryl methyl sites for hydroxylation is 1. The van der Waals surface area contributed by atoms with E-state index in [4.69, 9.17) is 4.74 Å². The fourth-order valence-corrected chi connectivity index (χ4v) is 8.32. The third-order valence-corrected chi connectivity index (χ3v) is 9.54. The number of benzene rings is 5. The first-order valence-corrected chi connectivity index (χ1v) is 13.2. The zero-order valence-electron chi connectivity index (χ0n) is 20.5. The SMILES string of the molecule is C[n+]1ccc2c3ccc4c5c3c3c(cccn3C53c5c(ccc6c7ccccc7c7ccc[n+]3c7c56)O4)c21. The number of hydrogen-bond acceptors (Lipinski definition) is 1. The van der Waals surface area contributed by atoms with Crippen LogP contribution in [0.15, 0.2) is 97.5 Å². The molecule has 0 amide bonds. The van der Waals surface area contributed by atoms with Gasteiger partial charge in [-0.1, -0.05) is 24.3 Å². The molecule has 1 spiro atoms. The van der Waals surface area contributed by atoms with Crippen molar-refractivity contribution in [2.45, 2.75) is 5.66 Å². The highest BCUT2D eigenvalue weighted by molar-refractivity contribution is 6.28. The molecule has 5 aromatic carbocycles. The van der Waals surface area contributed by atoms with E-state index in [0.29, 0.717) is 0 Å². The molecule has 8 aromatic rings. The topological polar surface area (TPSA) is 21.9 Å². The Hall–Kier alpha value is -4.96. The van der Waals surface area contributed by atoms with Crippen LogP contribution in [0, 0.1) is 0 Å². The molecule has 3 aliphatic heterocycles. The van der Waals surface area contributed by atoms with Crippen LogP contribution in [0.25, 0.3) is 65.0 Å². The highest BCUT2D eigenvalue weighted by Gasteiger charge is 2.62. The van der Waals surface area contributed by atoms with Gasteiger partial charge < -0.3 is 4.74 Å². The lowest BCUT2D eigenvalue weighted by molar-refractivity contribution is -0.721. The summed E-state index contributed by atoms with van der Waals surface area (Å²) in [5, 5.41) is 11.6. The molecule has 4 nitrogen and oxygen atoms in total. The summed E-state index contributed by atoms with van der Waals surface area (Å²) in [6.07, 6.45) is 6.75. The van der Waals surface area contributed by atoms with E-state index in [-0.39, 0.29) is 0 Å². The molecule has 0 N–H and O–H groups in total.